The van der Waals surface area contributed by atoms with Crippen LogP contribution in [0.4, 0.5) is 11.4 Å². The topological polar surface area (TPSA) is 87.8 Å². The van der Waals surface area contributed by atoms with Crippen LogP contribution in [0.2, 0.25) is 0 Å². The highest BCUT2D eigenvalue weighted by Crippen LogP contribution is 2.63. The van der Waals surface area contributed by atoms with Gasteiger partial charge >= 0.3 is 0 Å². The number of hydrogen-bond acceptors (Lipinski definition) is 5. The third kappa shape index (κ3) is 3.20. The van der Waals surface area contributed by atoms with Crippen LogP contribution in [0.15, 0.2) is 29.4 Å². The van der Waals surface area contributed by atoms with Gasteiger partial charge < -0.3 is 4.90 Å². The quantitative estimate of drug-likeness (QED) is 0.610. The summed E-state index contributed by atoms with van der Waals surface area (Å²) < 4.78 is 0. The molecule has 3 aliphatic rings. The first-order valence-electron chi connectivity index (χ1n) is 10.6. The lowest BCUT2D eigenvalue weighted by Crippen LogP contribution is -2.40. The summed E-state index contributed by atoms with van der Waals surface area (Å²) in [6.45, 7) is 8.20. The fraction of sp³-hybridized carbons (Fsp3) is 0.636. The Balaban J connectivity index is 1.37. The molecular formula is C22H30N4O3. The SMILES string of the molecule is CC1(C)[C@H]2CC[C@@]1(C)/C(=N/NC(=O)C1CCN(c3ccccc3[N+](=O)[O-])CC1)C2. The molecule has 1 aromatic carbocycles. The monoisotopic (exact) mass is 398 g/mol. The van der Waals surface area contributed by atoms with Crippen LogP contribution in [0.25, 0.3) is 0 Å². The molecule has 2 bridgehead atoms. The van der Waals surface area contributed by atoms with Gasteiger partial charge in [-0.25, -0.2) is 5.43 Å². The zero-order valence-electron chi connectivity index (χ0n) is 17.5. The van der Waals surface area contributed by atoms with Gasteiger partial charge in [0.1, 0.15) is 5.69 Å². The third-order valence-corrected chi connectivity index (χ3v) is 8.10. The zero-order chi connectivity index (χ0) is 20.8. The molecule has 1 aromatic rings. The molecule has 0 unspecified atom stereocenters. The standard InChI is InChI=1S/C22H30N4O3/c1-21(2)16-8-11-22(21,3)19(14-16)23-24-20(27)15-9-12-25(13-10-15)17-6-4-5-7-18(17)26(28)29/h4-7,15-16H,8-14H2,1-3H3,(H,24,27)/b23-19+/t16-,22-/m0/s1. The normalized spacial score (nSPS) is 30.0. The summed E-state index contributed by atoms with van der Waals surface area (Å²) in [7, 11) is 0. The first kappa shape index (κ1) is 19.9. The average Bonchev–Trinajstić information content (AvgIpc) is 3.05. The summed E-state index contributed by atoms with van der Waals surface area (Å²) in [6.07, 6.45) is 4.73. The number of rotatable bonds is 4. The van der Waals surface area contributed by atoms with E-state index < -0.39 is 0 Å². The summed E-state index contributed by atoms with van der Waals surface area (Å²) >= 11 is 0. The van der Waals surface area contributed by atoms with Crippen molar-refractivity contribution < 1.29 is 9.72 Å². The van der Waals surface area contributed by atoms with Gasteiger partial charge in [0, 0.05) is 36.2 Å². The van der Waals surface area contributed by atoms with Gasteiger partial charge in [-0.3, -0.25) is 14.9 Å². The Morgan fingerprint density at radius 2 is 1.90 bits per heavy atom. The van der Waals surface area contributed by atoms with Crippen molar-refractivity contribution in [1.29, 1.82) is 0 Å². The summed E-state index contributed by atoms with van der Waals surface area (Å²) in [4.78, 5) is 25.6. The van der Waals surface area contributed by atoms with E-state index in [0.717, 1.165) is 18.6 Å². The van der Waals surface area contributed by atoms with Crippen molar-refractivity contribution in [2.24, 2.45) is 27.8 Å². The van der Waals surface area contributed by atoms with Crippen LogP contribution in [0.3, 0.4) is 0 Å². The second-order valence-electron chi connectivity index (χ2n) is 9.54. The number of benzene rings is 1. The molecule has 2 saturated carbocycles. The minimum absolute atomic E-state index is 0.0242. The zero-order valence-corrected chi connectivity index (χ0v) is 17.5. The highest BCUT2D eigenvalue weighted by Gasteiger charge is 2.60. The molecule has 0 radical (unpaired) electrons. The number of hydrogen-bond donors (Lipinski definition) is 1. The number of carbonyl (C=O) groups is 1. The highest BCUT2D eigenvalue weighted by molar-refractivity contribution is 5.95. The number of nitrogens with zero attached hydrogens (tertiary/aromatic N) is 3. The number of piperidine rings is 1. The molecule has 2 aliphatic carbocycles. The van der Waals surface area contributed by atoms with Crippen LogP contribution in [0.5, 0.6) is 0 Å². The van der Waals surface area contributed by atoms with Crippen molar-refractivity contribution in [3.63, 3.8) is 0 Å². The molecule has 7 heteroatoms. The molecule has 0 spiro atoms. The Kier molecular flexibility index (Phi) is 4.87. The number of anilines is 1. The first-order chi connectivity index (χ1) is 13.7. The smallest absolute Gasteiger partial charge is 0.292 e. The summed E-state index contributed by atoms with van der Waals surface area (Å²) in [5.74, 6) is 0.537. The van der Waals surface area contributed by atoms with E-state index in [1.807, 2.05) is 11.0 Å². The molecule has 2 atom stereocenters. The van der Waals surface area contributed by atoms with Crippen LogP contribution >= 0.6 is 0 Å². The van der Waals surface area contributed by atoms with E-state index in [1.54, 1.807) is 12.1 Å². The maximum Gasteiger partial charge on any atom is 0.292 e. The predicted molar refractivity (Wildman–Crippen MR) is 113 cm³/mol. The van der Waals surface area contributed by atoms with E-state index in [9.17, 15) is 14.9 Å². The summed E-state index contributed by atoms with van der Waals surface area (Å²) in [5.41, 5.74) is 5.07. The highest BCUT2D eigenvalue weighted by atomic mass is 16.6. The Bertz CT molecular complexity index is 857. The number of hydrazone groups is 1. The van der Waals surface area contributed by atoms with Gasteiger partial charge in [-0.15, -0.1) is 0 Å². The number of amides is 1. The maximum absolute atomic E-state index is 12.7. The predicted octanol–water partition coefficient (Wildman–Crippen LogP) is 4.13. The second-order valence-corrected chi connectivity index (χ2v) is 9.54. The van der Waals surface area contributed by atoms with Crippen molar-refractivity contribution in [3.05, 3.63) is 34.4 Å². The molecule has 1 heterocycles. The molecule has 1 saturated heterocycles. The van der Waals surface area contributed by atoms with Crippen molar-refractivity contribution in [2.45, 2.75) is 52.9 Å². The minimum Gasteiger partial charge on any atom is -0.366 e. The fourth-order valence-corrected chi connectivity index (χ4v) is 5.58. The van der Waals surface area contributed by atoms with Gasteiger partial charge in [0.2, 0.25) is 5.91 Å². The Hall–Kier alpha value is -2.44. The molecule has 29 heavy (non-hydrogen) atoms. The molecule has 156 valence electrons. The second kappa shape index (κ2) is 7.11. The van der Waals surface area contributed by atoms with Crippen LogP contribution < -0.4 is 10.3 Å². The fourth-order valence-electron chi connectivity index (χ4n) is 5.58. The number of nitro groups is 1. The molecule has 1 N–H and O–H groups in total. The lowest BCUT2D eigenvalue weighted by atomic mass is 9.70. The summed E-state index contributed by atoms with van der Waals surface area (Å²) in [5, 5.41) is 15.9. The third-order valence-electron chi connectivity index (χ3n) is 8.10. The molecule has 4 rings (SSSR count). The molecule has 7 nitrogen and oxygen atoms in total. The number of nitro benzene ring substituents is 1. The number of carbonyl (C=O) groups excluding carboxylic acids is 1. The Morgan fingerprint density at radius 1 is 1.21 bits per heavy atom. The van der Waals surface area contributed by atoms with Gasteiger partial charge in [-0.05, 0) is 49.5 Å². The van der Waals surface area contributed by atoms with E-state index in [2.05, 4.69) is 31.3 Å². The molecular weight excluding hydrogens is 368 g/mol. The van der Waals surface area contributed by atoms with Crippen molar-refractivity contribution in [2.75, 3.05) is 18.0 Å². The molecule has 1 aliphatic heterocycles. The van der Waals surface area contributed by atoms with Crippen LogP contribution in [0.1, 0.15) is 52.9 Å². The lowest BCUT2D eigenvalue weighted by Gasteiger charge is -2.34. The van der Waals surface area contributed by atoms with Crippen molar-refractivity contribution >= 4 is 23.0 Å². The van der Waals surface area contributed by atoms with Gasteiger partial charge in [-0.1, -0.05) is 32.9 Å². The number of para-hydroxylation sites is 2. The van der Waals surface area contributed by atoms with Gasteiger partial charge in [0.25, 0.3) is 5.69 Å². The first-order valence-corrected chi connectivity index (χ1v) is 10.6. The molecule has 3 fully saturated rings. The van der Waals surface area contributed by atoms with Crippen LogP contribution in [-0.2, 0) is 4.79 Å². The average molecular weight is 399 g/mol. The Morgan fingerprint density at radius 3 is 2.48 bits per heavy atom. The van der Waals surface area contributed by atoms with Crippen molar-refractivity contribution in [1.82, 2.24) is 5.43 Å². The van der Waals surface area contributed by atoms with E-state index in [-0.39, 0.29) is 33.3 Å². The van der Waals surface area contributed by atoms with E-state index >= 15 is 0 Å². The number of nitrogens with one attached hydrogen (secondary N) is 1. The molecule has 1 amide bonds. The largest absolute Gasteiger partial charge is 0.366 e. The lowest BCUT2D eigenvalue weighted by molar-refractivity contribution is -0.384. The van der Waals surface area contributed by atoms with Gasteiger partial charge in [0.15, 0.2) is 0 Å². The van der Waals surface area contributed by atoms with E-state index in [0.29, 0.717) is 37.5 Å². The van der Waals surface area contributed by atoms with E-state index in [4.69, 9.17) is 0 Å². The van der Waals surface area contributed by atoms with Gasteiger partial charge in [-0.2, -0.15) is 5.10 Å². The summed E-state index contributed by atoms with van der Waals surface area (Å²) in [6, 6.07) is 6.80. The Labute approximate surface area is 171 Å². The van der Waals surface area contributed by atoms with E-state index in [1.165, 1.54) is 12.5 Å². The van der Waals surface area contributed by atoms with Crippen molar-refractivity contribution in [3.8, 4) is 0 Å². The van der Waals surface area contributed by atoms with Crippen LogP contribution in [0, 0.1) is 32.8 Å². The molecule has 0 aromatic heterocycles. The van der Waals surface area contributed by atoms with Gasteiger partial charge in [0.05, 0.1) is 4.92 Å². The minimum atomic E-state index is -0.346. The maximum atomic E-state index is 12.7. The number of fused-ring (bicyclic) bond motifs is 2. The van der Waals surface area contributed by atoms with Crippen LogP contribution in [-0.4, -0.2) is 29.6 Å².